The topological polar surface area (TPSA) is 51.3 Å². The fraction of sp³-hybridized carbons (Fsp3) is 0.118. The molecule has 0 radical (unpaired) electrons. The third kappa shape index (κ3) is 2.74. The fourth-order valence-electron chi connectivity index (χ4n) is 2.25. The van der Waals surface area contributed by atoms with Crippen LogP contribution in [-0.2, 0) is 11.3 Å². The summed E-state index contributed by atoms with van der Waals surface area (Å²) < 4.78 is 10.6. The Morgan fingerprint density at radius 2 is 2.00 bits per heavy atom. The Morgan fingerprint density at radius 3 is 2.86 bits per heavy atom. The number of fused-ring (bicyclic) bond motifs is 1. The normalized spacial score (nSPS) is 10.5. The molecule has 0 aliphatic carbocycles. The van der Waals surface area contributed by atoms with Crippen molar-refractivity contribution in [3.63, 3.8) is 0 Å². The van der Waals surface area contributed by atoms with Gasteiger partial charge in [0, 0.05) is 17.1 Å². The van der Waals surface area contributed by atoms with Gasteiger partial charge >= 0.3 is 5.97 Å². The van der Waals surface area contributed by atoms with Gasteiger partial charge in [0.15, 0.2) is 0 Å². The minimum Gasteiger partial charge on any atom is -0.488 e. The number of carbonyl (C=O) groups is 1. The van der Waals surface area contributed by atoms with Gasteiger partial charge in [0.05, 0.1) is 12.7 Å². The van der Waals surface area contributed by atoms with Gasteiger partial charge in [0.1, 0.15) is 12.4 Å². The van der Waals surface area contributed by atoms with Crippen LogP contribution in [-0.4, -0.2) is 18.1 Å². The maximum absolute atomic E-state index is 11.5. The van der Waals surface area contributed by atoms with Crippen LogP contribution in [0.3, 0.4) is 0 Å². The number of nitrogens with one attached hydrogen (secondary N) is 1. The number of carbonyl (C=O) groups excluding carboxylic acids is 1. The van der Waals surface area contributed by atoms with E-state index in [1.807, 2.05) is 42.6 Å². The number of ether oxygens (including phenoxy) is 2. The maximum atomic E-state index is 11.5. The number of hydrogen-bond acceptors (Lipinski definition) is 3. The van der Waals surface area contributed by atoms with Crippen molar-refractivity contribution in [2.75, 3.05) is 7.11 Å². The van der Waals surface area contributed by atoms with Crippen molar-refractivity contribution in [3.05, 3.63) is 65.9 Å². The number of aromatic amines is 1. The molecule has 21 heavy (non-hydrogen) atoms. The van der Waals surface area contributed by atoms with Gasteiger partial charge in [-0.25, -0.2) is 4.79 Å². The van der Waals surface area contributed by atoms with E-state index in [1.54, 1.807) is 12.1 Å². The predicted molar refractivity (Wildman–Crippen MR) is 80.4 cm³/mol. The molecule has 0 spiro atoms. The molecule has 4 nitrogen and oxygen atoms in total. The average molecular weight is 281 g/mol. The zero-order valence-corrected chi connectivity index (χ0v) is 11.6. The molecule has 0 aliphatic heterocycles. The van der Waals surface area contributed by atoms with E-state index in [9.17, 15) is 4.79 Å². The highest BCUT2D eigenvalue weighted by molar-refractivity contribution is 5.89. The minimum absolute atomic E-state index is 0.343. The second-order valence-corrected chi connectivity index (χ2v) is 4.68. The quantitative estimate of drug-likeness (QED) is 0.744. The zero-order valence-electron chi connectivity index (χ0n) is 11.6. The molecular formula is C17H15NO3. The van der Waals surface area contributed by atoms with Gasteiger partial charge < -0.3 is 14.5 Å². The van der Waals surface area contributed by atoms with Gasteiger partial charge in [0.2, 0.25) is 0 Å². The molecular weight excluding hydrogens is 266 g/mol. The van der Waals surface area contributed by atoms with E-state index in [1.165, 1.54) is 7.11 Å². The Morgan fingerprint density at radius 1 is 1.14 bits per heavy atom. The Kier molecular flexibility index (Phi) is 3.60. The molecule has 0 atom stereocenters. The lowest BCUT2D eigenvalue weighted by atomic mass is 10.1. The molecule has 4 heteroatoms. The molecule has 0 saturated carbocycles. The number of rotatable bonds is 4. The van der Waals surface area contributed by atoms with Crippen molar-refractivity contribution in [1.82, 2.24) is 4.98 Å². The first-order valence-electron chi connectivity index (χ1n) is 6.64. The number of hydrogen-bond donors (Lipinski definition) is 1. The van der Waals surface area contributed by atoms with Crippen molar-refractivity contribution in [3.8, 4) is 5.75 Å². The van der Waals surface area contributed by atoms with Crippen molar-refractivity contribution in [2.24, 2.45) is 0 Å². The summed E-state index contributed by atoms with van der Waals surface area (Å²) in [7, 11) is 1.37. The van der Waals surface area contributed by atoms with Gasteiger partial charge in [-0.3, -0.25) is 0 Å². The summed E-state index contributed by atoms with van der Waals surface area (Å²) in [5, 5.41) is 1.04. The Hall–Kier alpha value is -2.75. The lowest BCUT2D eigenvalue weighted by Gasteiger charge is -2.08. The molecule has 1 heterocycles. The van der Waals surface area contributed by atoms with E-state index in [0.29, 0.717) is 12.2 Å². The predicted octanol–water partition coefficient (Wildman–Crippen LogP) is 3.53. The van der Waals surface area contributed by atoms with E-state index in [0.717, 1.165) is 22.2 Å². The van der Waals surface area contributed by atoms with Crippen LogP contribution in [0.5, 0.6) is 5.75 Å². The third-order valence-corrected chi connectivity index (χ3v) is 3.30. The highest BCUT2D eigenvalue weighted by Crippen LogP contribution is 2.25. The van der Waals surface area contributed by atoms with Crippen LogP contribution in [0.2, 0.25) is 0 Å². The monoisotopic (exact) mass is 281 g/mol. The number of esters is 1. The summed E-state index contributed by atoms with van der Waals surface area (Å²) in [6.45, 7) is 0.398. The van der Waals surface area contributed by atoms with Gasteiger partial charge in [-0.05, 0) is 35.9 Å². The molecule has 0 saturated heterocycles. The summed E-state index contributed by atoms with van der Waals surface area (Å²) in [5.74, 6) is 0.474. The van der Waals surface area contributed by atoms with Crippen molar-refractivity contribution in [2.45, 2.75) is 6.61 Å². The summed E-state index contributed by atoms with van der Waals surface area (Å²) in [6.07, 6.45) is 1.88. The van der Waals surface area contributed by atoms with Crippen LogP contribution in [0.15, 0.2) is 54.7 Å². The van der Waals surface area contributed by atoms with Crippen LogP contribution in [0.4, 0.5) is 0 Å². The molecule has 0 unspecified atom stereocenters. The number of aromatic nitrogens is 1. The summed E-state index contributed by atoms with van der Waals surface area (Å²) in [4.78, 5) is 14.7. The first-order valence-corrected chi connectivity index (χ1v) is 6.64. The van der Waals surface area contributed by atoms with E-state index < -0.39 is 0 Å². The molecule has 1 aromatic heterocycles. The van der Waals surface area contributed by atoms with Crippen LogP contribution < -0.4 is 4.74 Å². The van der Waals surface area contributed by atoms with Crippen LogP contribution in [0, 0.1) is 0 Å². The molecule has 2 aromatic carbocycles. The first-order chi connectivity index (χ1) is 10.3. The Labute approximate surface area is 122 Å². The van der Waals surface area contributed by atoms with Gasteiger partial charge in [-0.1, -0.05) is 18.2 Å². The van der Waals surface area contributed by atoms with E-state index >= 15 is 0 Å². The lowest BCUT2D eigenvalue weighted by Crippen LogP contribution is -2.03. The molecule has 0 aliphatic rings. The molecule has 0 amide bonds. The van der Waals surface area contributed by atoms with Crippen molar-refractivity contribution < 1.29 is 14.3 Å². The largest absolute Gasteiger partial charge is 0.488 e. The van der Waals surface area contributed by atoms with Crippen LogP contribution >= 0.6 is 0 Å². The Balaban J connectivity index is 1.79. The van der Waals surface area contributed by atoms with E-state index in [-0.39, 0.29) is 5.97 Å². The smallest absolute Gasteiger partial charge is 0.337 e. The minimum atomic E-state index is -0.343. The molecule has 0 fully saturated rings. The second kappa shape index (κ2) is 5.71. The standard InChI is InChI=1S/C17H15NO3/c1-20-17(19)13-5-2-4-12(10-13)11-21-16-7-3-6-15-14(16)8-9-18-15/h2-10,18H,11H2,1H3. The highest BCUT2D eigenvalue weighted by atomic mass is 16.5. The van der Waals surface area contributed by atoms with E-state index in [4.69, 9.17) is 9.47 Å². The second-order valence-electron chi connectivity index (χ2n) is 4.68. The summed E-state index contributed by atoms with van der Waals surface area (Å²) in [5.41, 5.74) is 2.49. The fourth-order valence-corrected chi connectivity index (χ4v) is 2.25. The summed E-state index contributed by atoms with van der Waals surface area (Å²) in [6, 6.07) is 15.1. The van der Waals surface area contributed by atoms with Crippen molar-refractivity contribution in [1.29, 1.82) is 0 Å². The summed E-state index contributed by atoms with van der Waals surface area (Å²) >= 11 is 0. The molecule has 3 rings (SSSR count). The van der Waals surface area contributed by atoms with Gasteiger partial charge in [-0.2, -0.15) is 0 Å². The average Bonchev–Trinajstić information content (AvgIpc) is 3.01. The van der Waals surface area contributed by atoms with Crippen molar-refractivity contribution >= 4 is 16.9 Å². The molecule has 106 valence electrons. The van der Waals surface area contributed by atoms with Crippen LogP contribution in [0.25, 0.3) is 10.9 Å². The first kappa shape index (κ1) is 13.2. The number of benzene rings is 2. The number of H-pyrrole nitrogens is 1. The van der Waals surface area contributed by atoms with Gasteiger partial charge in [0.25, 0.3) is 0 Å². The SMILES string of the molecule is COC(=O)c1cccc(COc2cccc3[nH]ccc23)c1. The van der Waals surface area contributed by atoms with E-state index in [2.05, 4.69) is 4.98 Å². The van der Waals surface area contributed by atoms with Crippen LogP contribution in [0.1, 0.15) is 15.9 Å². The Bertz CT molecular complexity index is 776. The maximum Gasteiger partial charge on any atom is 0.337 e. The third-order valence-electron chi connectivity index (χ3n) is 3.30. The molecule has 3 aromatic rings. The molecule has 0 bridgehead atoms. The highest BCUT2D eigenvalue weighted by Gasteiger charge is 2.07. The number of methoxy groups -OCH3 is 1. The van der Waals surface area contributed by atoms with Gasteiger partial charge in [-0.15, -0.1) is 0 Å². The zero-order chi connectivity index (χ0) is 14.7. The molecule has 1 N–H and O–H groups in total. The lowest BCUT2D eigenvalue weighted by molar-refractivity contribution is 0.0600.